The van der Waals surface area contributed by atoms with Crippen molar-refractivity contribution in [2.45, 2.75) is 44.3 Å². The summed E-state index contributed by atoms with van der Waals surface area (Å²) >= 11 is 7.78. The molecule has 0 aromatic carbocycles. The normalized spacial score (nSPS) is 12.6. The monoisotopic (exact) mass is 208 g/mol. The quantitative estimate of drug-likeness (QED) is 0.518. The second-order valence-electron chi connectivity index (χ2n) is 2.80. The molecule has 0 bridgehead atoms. The summed E-state index contributed by atoms with van der Waals surface area (Å²) in [5.41, 5.74) is 0. The van der Waals surface area contributed by atoms with E-state index < -0.39 is 0 Å². The van der Waals surface area contributed by atoms with Crippen LogP contribution in [0.3, 0.4) is 0 Å². The lowest BCUT2D eigenvalue weighted by molar-refractivity contribution is -0.132. The lowest BCUT2D eigenvalue weighted by Gasteiger charge is -2.07. The van der Waals surface area contributed by atoms with E-state index in [9.17, 15) is 4.79 Å². The maximum Gasteiger partial charge on any atom is 0.317 e. The fraction of sp³-hybridized carbons (Fsp3) is 0.875. The van der Waals surface area contributed by atoms with Gasteiger partial charge in [-0.3, -0.25) is 4.79 Å². The zero-order valence-corrected chi connectivity index (χ0v) is 9.11. The van der Waals surface area contributed by atoms with Crippen LogP contribution in [0.1, 0.15) is 39.0 Å². The molecule has 0 saturated heterocycles. The van der Waals surface area contributed by atoms with E-state index in [1.165, 1.54) is 0 Å². The van der Waals surface area contributed by atoms with Gasteiger partial charge in [0.25, 0.3) is 0 Å². The Balaban J connectivity index is 3.24. The first-order valence-corrected chi connectivity index (χ1v) is 5.11. The van der Waals surface area contributed by atoms with Gasteiger partial charge in [-0.15, -0.1) is 0 Å². The average molecular weight is 208 g/mol. The summed E-state index contributed by atoms with van der Waals surface area (Å²) < 4.78 is 4.22. The van der Waals surface area contributed by atoms with Crippen molar-refractivity contribution < 1.29 is 8.98 Å². The van der Waals surface area contributed by atoms with Crippen LogP contribution in [0.25, 0.3) is 0 Å². The van der Waals surface area contributed by atoms with Crippen LogP contribution in [-0.4, -0.2) is 11.2 Å². The summed E-state index contributed by atoms with van der Waals surface area (Å²) in [6.45, 7) is 2.13. The molecule has 0 aliphatic heterocycles. The first-order chi connectivity index (χ1) is 5.70. The third kappa shape index (κ3) is 6.85. The van der Waals surface area contributed by atoms with E-state index in [4.69, 9.17) is 0 Å². The highest BCUT2D eigenvalue weighted by Crippen LogP contribution is 2.12. The second-order valence-corrected chi connectivity index (χ2v) is 3.71. The van der Waals surface area contributed by atoms with Gasteiger partial charge in [0.2, 0.25) is 0 Å². The third-order valence-corrected chi connectivity index (χ3v) is 2.36. The molecule has 4 heteroatoms. The van der Waals surface area contributed by atoms with E-state index >= 15 is 0 Å². The minimum Gasteiger partial charge on any atom is -0.395 e. The second kappa shape index (κ2) is 7.80. The van der Waals surface area contributed by atoms with Crippen LogP contribution < -0.4 is 0 Å². The summed E-state index contributed by atoms with van der Waals surface area (Å²) in [7, 11) is 0. The van der Waals surface area contributed by atoms with Crippen LogP contribution in [0.2, 0.25) is 0 Å². The Kier molecular flexibility index (Phi) is 7.91. The molecule has 72 valence electrons. The third-order valence-electron chi connectivity index (χ3n) is 1.64. The largest absolute Gasteiger partial charge is 0.395 e. The van der Waals surface area contributed by atoms with Crippen LogP contribution in [0.15, 0.2) is 0 Å². The lowest BCUT2D eigenvalue weighted by atomic mass is 10.1. The summed E-state index contributed by atoms with van der Waals surface area (Å²) in [6.07, 6.45) is 4.52. The van der Waals surface area contributed by atoms with E-state index in [2.05, 4.69) is 36.6 Å². The topological polar surface area (TPSA) is 26.3 Å². The minimum absolute atomic E-state index is 0.254. The molecular formula is C8H16O2S2. The van der Waals surface area contributed by atoms with Gasteiger partial charge in [-0.25, -0.2) is 0 Å². The lowest BCUT2D eigenvalue weighted by Crippen LogP contribution is -2.01. The summed E-state index contributed by atoms with van der Waals surface area (Å²) in [5, 5.41) is 0.419. The molecule has 0 fully saturated rings. The molecule has 2 nitrogen and oxygen atoms in total. The molecule has 0 heterocycles. The van der Waals surface area contributed by atoms with Crippen molar-refractivity contribution in [1.29, 1.82) is 0 Å². The molecule has 0 amide bonds. The highest BCUT2D eigenvalue weighted by atomic mass is 32.1. The van der Waals surface area contributed by atoms with Crippen molar-refractivity contribution in [3.63, 3.8) is 0 Å². The predicted octanol–water partition coefficient (Wildman–Crippen LogP) is 2.64. The molecule has 0 radical (unpaired) electrons. The Hall–Kier alpha value is 0.170. The van der Waals surface area contributed by atoms with Crippen molar-refractivity contribution in [1.82, 2.24) is 0 Å². The van der Waals surface area contributed by atoms with Crippen molar-refractivity contribution in [2.75, 3.05) is 0 Å². The molecule has 0 saturated carbocycles. The summed E-state index contributed by atoms with van der Waals surface area (Å²) in [4.78, 5) is 10.6. The van der Waals surface area contributed by atoms with E-state index in [1.54, 1.807) is 0 Å². The van der Waals surface area contributed by atoms with Gasteiger partial charge < -0.3 is 4.18 Å². The van der Waals surface area contributed by atoms with Gasteiger partial charge in [0.05, 0.1) is 0 Å². The van der Waals surface area contributed by atoms with Gasteiger partial charge in [0.1, 0.15) is 0 Å². The van der Waals surface area contributed by atoms with Crippen LogP contribution >= 0.6 is 25.5 Å². The molecule has 1 atom stereocenters. The summed E-state index contributed by atoms with van der Waals surface area (Å²) in [6, 6.07) is 0. The highest BCUT2D eigenvalue weighted by Gasteiger charge is 2.04. The highest BCUT2D eigenvalue weighted by molar-refractivity contribution is 7.80. The number of carbonyl (C=O) groups excluding carboxylic acids is 1. The van der Waals surface area contributed by atoms with Gasteiger partial charge >= 0.3 is 5.97 Å². The zero-order valence-electron chi connectivity index (χ0n) is 7.32. The fourth-order valence-electron chi connectivity index (χ4n) is 1.01. The first kappa shape index (κ1) is 12.2. The van der Waals surface area contributed by atoms with Crippen LogP contribution in [0, 0.1) is 0 Å². The number of thiol groups is 2. The van der Waals surface area contributed by atoms with Gasteiger partial charge in [0.15, 0.2) is 0 Å². The van der Waals surface area contributed by atoms with Gasteiger partial charge in [-0.05, 0) is 19.3 Å². The van der Waals surface area contributed by atoms with E-state index in [-0.39, 0.29) is 5.97 Å². The summed E-state index contributed by atoms with van der Waals surface area (Å²) in [5.74, 6) is -0.254. The van der Waals surface area contributed by atoms with Crippen LogP contribution in [0.4, 0.5) is 0 Å². The van der Waals surface area contributed by atoms with Gasteiger partial charge in [-0.1, -0.05) is 13.3 Å². The number of hydrogen-bond acceptors (Lipinski definition) is 4. The van der Waals surface area contributed by atoms with E-state index in [0.29, 0.717) is 11.7 Å². The van der Waals surface area contributed by atoms with Crippen molar-refractivity contribution in [3.05, 3.63) is 0 Å². The Bertz CT molecular complexity index is 128. The number of carbonyl (C=O) groups is 1. The Morgan fingerprint density at radius 2 is 2.17 bits per heavy atom. The molecule has 12 heavy (non-hydrogen) atoms. The molecule has 0 N–H and O–H groups in total. The smallest absolute Gasteiger partial charge is 0.317 e. The van der Waals surface area contributed by atoms with E-state index in [0.717, 1.165) is 25.7 Å². The average Bonchev–Trinajstić information content (AvgIpc) is 2.04. The molecule has 0 aromatic heterocycles. The van der Waals surface area contributed by atoms with Crippen molar-refractivity contribution in [3.8, 4) is 0 Å². The van der Waals surface area contributed by atoms with Crippen molar-refractivity contribution in [2.24, 2.45) is 0 Å². The van der Waals surface area contributed by atoms with Gasteiger partial charge in [-0.2, -0.15) is 12.6 Å². The standard InChI is InChI=1S/C8H16O2S2/c1-2-4-7(11)5-3-6-8(9)10-12/h7,11-12H,2-6H2,1H3. The van der Waals surface area contributed by atoms with Crippen LogP contribution in [0.5, 0.6) is 0 Å². The molecule has 0 aliphatic carbocycles. The van der Waals surface area contributed by atoms with Crippen molar-refractivity contribution >= 4 is 31.5 Å². The predicted molar refractivity (Wildman–Crippen MR) is 56.6 cm³/mol. The molecule has 0 spiro atoms. The first-order valence-electron chi connectivity index (χ1n) is 4.23. The Morgan fingerprint density at radius 1 is 1.50 bits per heavy atom. The number of hydrogen-bond donors (Lipinski definition) is 2. The SMILES string of the molecule is CCCC(S)CCCC(=O)OS. The van der Waals surface area contributed by atoms with Gasteiger partial charge in [0, 0.05) is 24.6 Å². The number of rotatable bonds is 6. The van der Waals surface area contributed by atoms with Crippen LogP contribution in [-0.2, 0) is 8.98 Å². The van der Waals surface area contributed by atoms with E-state index in [1.807, 2.05) is 0 Å². The maximum atomic E-state index is 10.6. The maximum absolute atomic E-state index is 10.6. The fourth-order valence-corrected chi connectivity index (χ4v) is 1.54. The zero-order chi connectivity index (χ0) is 9.40. The molecule has 0 aromatic rings. The molecular weight excluding hydrogens is 192 g/mol. The Morgan fingerprint density at radius 3 is 2.67 bits per heavy atom. The Labute approximate surface area is 85.1 Å². The molecule has 0 rings (SSSR count). The molecule has 0 aliphatic rings. The minimum atomic E-state index is -0.254. The molecule has 1 unspecified atom stereocenters.